The van der Waals surface area contributed by atoms with Crippen molar-refractivity contribution in [1.82, 2.24) is 10.2 Å². The van der Waals surface area contributed by atoms with Gasteiger partial charge in [0.05, 0.1) is 10.8 Å². The fourth-order valence-corrected chi connectivity index (χ4v) is 3.04. The second-order valence-electron chi connectivity index (χ2n) is 5.02. The number of halogens is 2. The van der Waals surface area contributed by atoms with E-state index in [1.807, 2.05) is 36.4 Å². The van der Waals surface area contributed by atoms with Crippen molar-refractivity contribution in [2.45, 2.75) is 11.8 Å². The van der Waals surface area contributed by atoms with Crippen LogP contribution in [0.15, 0.2) is 58.2 Å². The first-order valence-corrected chi connectivity index (χ1v) is 9.92. The van der Waals surface area contributed by atoms with E-state index in [1.54, 1.807) is 12.1 Å². The van der Waals surface area contributed by atoms with Gasteiger partial charge in [-0.2, -0.15) is 0 Å². The first kappa shape index (κ1) is 19.0. The minimum atomic E-state index is -0.150. The zero-order valence-electron chi connectivity index (χ0n) is 13.3. The third kappa shape index (κ3) is 5.61. The van der Waals surface area contributed by atoms with Gasteiger partial charge < -0.3 is 14.5 Å². The summed E-state index contributed by atoms with van der Waals surface area (Å²) in [5.41, 5.74) is 0.746. The third-order valence-corrected chi connectivity index (χ3v) is 4.94. The molecule has 0 aliphatic carbocycles. The number of rotatable bonds is 7. The van der Waals surface area contributed by atoms with Gasteiger partial charge in [0.15, 0.2) is 6.61 Å². The predicted molar refractivity (Wildman–Crippen MR) is 109 cm³/mol. The average molecular weight is 502 g/mol. The summed E-state index contributed by atoms with van der Waals surface area (Å²) in [6.45, 7) is 0.103. The van der Waals surface area contributed by atoms with Gasteiger partial charge in [0.1, 0.15) is 5.75 Å². The second kappa shape index (κ2) is 9.24. The van der Waals surface area contributed by atoms with Crippen molar-refractivity contribution in [3.8, 4) is 5.75 Å². The SMILES string of the molecule is O=C(CSc1nnc(COc2ccccc2Cl)o1)Nc1ccc(I)cc1. The molecular formula is C17H13ClIN3O3S. The molecule has 0 aliphatic rings. The van der Waals surface area contributed by atoms with Crippen LogP contribution in [0.3, 0.4) is 0 Å². The number of nitrogens with zero attached hydrogens (tertiary/aromatic N) is 2. The Labute approximate surface area is 172 Å². The Kier molecular flexibility index (Phi) is 6.75. The van der Waals surface area contributed by atoms with Crippen LogP contribution in [0.2, 0.25) is 5.02 Å². The number of carbonyl (C=O) groups excluding carboxylic acids is 1. The molecule has 0 unspecified atom stereocenters. The van der Waals surface area contributed by atoms with Crippen molar-refractivity contribution >= 4 is 57.5 Å². The first-order chi connectivity index (χ1) is 12.6. The summed E-state index contributed by atoms with van der Waals surface area (Å²) in [6.07, 6.45) is 0. The molecule has 1 N–H and O–H groups in total. The Balaban J connectivity index is 1.46. The van der Waals surface area contributed by atoms with E-state index in [0.29, 0.717) is 21.9 Å². The van der Waals surface area contributed by atoms with Gasteiger partial charge in [0.25, 0.3) is 11.1 Å². The molecule has 26 heavy (non-hydrogen) atoms. The minimum Gasteiger partial charge on any atom is -0.482 e. The molecule has 0 aliphatic heterocycles. The minimum absolute atomic E-state index is 0.103. The number of amides is 1. The molecular weight excluding hydrogens is 489 g/mol. The van der Waals surface area contributed by atoms with Crippen molar-refractivity contribution in [2.24, 2.45) is 0 Å². The van der Waals surface area contributed by atoms with Gasteiger partial charge in [-0.05, 0) is 59.0 Å². The van der Waals surface area contributed by atoms with Gasteiger partial charge in [0, 0.05) is 9.26 Å². The standard InChI is InChI=1S/C17H13ClIN3O3S/c18-13-3-1-2-4-14(13)24-9-16-21-22-17(25-16)26-10-15(23)20-12-7-5-11(19)6-8-12/h1-8H,9-10H2,(H,20,23). The molecule has 6 nitrogen and oxygen atoms in total. The van der Waals surface area contributed by atoms with Gasteiger partial charge in [-0.1, -0.05) is 35.5 Å². The predicted octanol–water partition coefficient (Wildman–Crippen LogP) is 4.64. The molecule has 1 amide bonds. The number of anilines is 1. The van der Waals surface area contributed by atoms with Crippen LogP contribution in [0.1, 0.15) is 5.89 Å². The van der Waals surface area contributed by atoms with Gasteiger partial charge in [-0.3, -0.25) is 4.79 Å². The lowest BCUT2D eigenvalue weighted by Crippen LogP contribution is -2.13. The zero-order valence-corrected chi connectivity index (χ0v) is 17.0. The van der Waals surface area contributed by atoms with Crippen LogP contribution in [0.25, 0.3) is 0 Å². The van der Waals surface area contributed by atoms with Crippen molar-refractivity contribution < 1.29 is 13.9 Å². The highest BCUT2D eigenvalue weighted by Crippen LogP contribution is 2.24. The summed E-state index contributed by atoms with van der Waals surface area (Å²) in [5.74, 6) is 0.867. The number of hydrogen-bond donors (Lipinski definition) is 1. The van der Waals surface area contributed by atoms with Crippen molar-refractivity contribution in [1.29, 1.82) is 0 Å². The number of hydrogen-bond acceptors (Lipinski definition) is 6. The van der Waals surface area contributed by atoms with Crippen LogP contribution >= 0.6 is 46.0 Å². The van der Waals surface area contributed by atoms with Crippen LogP contribution in [-0.4, -0.2) is 21.9 Å². The number of thioether (sulfide) groups is 1. The highest BCUT2D eigenvalue weighted by molar-refractivity contribution is 14.1. The Bertz CT molecular complexity index is 889. The van der Waals surface area contributed by atoms with Crippen molar-refractivity contribution in [2.75, 3.05) is 11.1 Å². The molecule has 1 aromatic heterocycles. The molecule has 0 atom stereocenters. The number of aromatic nitrogens is 2. The summed E-state index contributed by atoms with van der Waals surface area (Å²) >= 11 is 9.38. The van der Waals surface area contributed by atoms with E-state index >= 15 is 0 Å². The monoisotopic (exact) mass is 501 g/mol. The largest absolute Gasteiger partial charge is 0.482 e. The molecule has 3 aromatic rings. The topological polar surface area (TPSA) is 77.2 Å². The number of carbonyl (C=O) groups is 1. The molecule has 1 heterocycles. The molecule has 9 heteroatoms. The van der Waals surface area contributed by atoms with E-state index in [-0.39, 0.29) is 18.3 Å². The Hall–Kier alpha value is -1.78. The summed E-state index contributed by atoms with van der Waals surface area (Å²) < 4.78 is 12.1. The Morgan fingerprint density at radius 1 is 1.19 bits per heavy atom. The molecule has 0 bridgehead atoms. The molecule has 0 saturated carbocycles. The maximum Gasteiger partial charge on any atom is 0.277 e. The molecule has 3 rings (SSSR count). The van der Waals surface area contributed by atoms with E-state index in [2.05, 4.69) is 38.1 Å². The lowest BCUT2D eigenvalue weighted by atomic mass is 10.3. The van der Waals surface area contributed by atoms with E-state index < -0.39 is 0 Å². The fourth-order valence-electron chi connectivity index (χ4n) is 1.91. The van der Waals surface area contributed by atoms with Crippen LogP contribution in [0, 0.1) is 3.57 Å². The molecule has 0 spiro atoms. The Morgan fingerprint density at radius 2 is 1.96 bits per heavy atom. The van der Waals surface area contributed by atoms with Gasteiger partial charge in [-0.15, -0.1) is 10.2 Å². The van der Waals surface area contributed by atoms with Crippen molar-refractivity contribution in [3.05, 3.63) is 63.0 Å². The highest BCUT2D eigenvalue weighted by atomic mass is 127. The molecule has 0 saturated heterocycles. The highest BCUT2D eigenvalue weighted by Gasteiger charge is 2.11. The van der Waals surface area contributed by atoms with E-state index in [9.17, 15) is 4.79 Å². The fraction of sp³-hybridized carbons (Fsp3) is 0.118. The quantitative estimate of drug-likeness (QED) is 0.375. The first-order valence-electron chi connectivity index (χ1n) is 7.48. The number of nitrogens with one attached hydrogen (secondary N) is 1. The summed E-state index contributed by atoms with van der Waals surface area (Å²) in [4.78, 5) is 12.0. The third-order valence-electron chi connectivity index (χ3n) is 3.09. The van der Waals surface area contributed by atoms with E-state index in [4.69, 9.17) is 20.8 Å². The molecule has 134 valence electrons. The number of benzene rings is 2. The van der Waals surface area contributed by atoms with E-state index in [1.165, 1.54) is 0 Å². The summed E-state index contributed by atoms with van der Waals surface area (Å²) in [7, 11) is 0. The summed E-state index contributed by atoms with van der Waals surface area (Å²) in [5, 5.41) is 11.4. The Morgan fingerprint density at radius 3 is 2.73 bits per heavy atom. The number of para-hydroxylation sites is 1. The van der Waals surface area contributed by atoms with Gasteiger partial charge in [0.2, 0.25) is 5.91 Å². The molecule has 2 aromatic carbocycles. The average Bonchev–Trinajstić information content (AvgIpc) is 3.09. The van der Waals surface area contributed by atoms with Crippen LogP contribution in [-0.2, 0) is 11.4 Å². The maximum atomic E-state index is 12.0. The smallest absolute Gasteiger partial charge is 0.277 e. The zero-order chi connectivity index (χ0) is 18.4. The van der Waals surface area contributed by atoms with E-state index in [0.717, 1.165) is 21.0 Å². The molecule has 0 radical (unpaired) electrons. The summed E-state index contributed by atoms with van der Waals surface area (Å²) in [6, 6.07) is 14.7. The lowest BCUT2D eigenvalue weighted by Gasteiger charge is -2.04. The maximum absolute atomic E-state index is 12.0. The van der Waals surface area contributed by atoms with Crippen LogP contribution in [0.4, 0.5) is 5.69 Å². The van der Waals surface area contributed by atoms with Crippen molar-refractivity contribution in [3.63, 3.8) is 0 Å². The number of ether oxygens (including phenoxy) is 1. The van der Waals surface area contributed by atoms with Crippen LogP contribution in [0.5, 0.6) is 5.75 Å². The van der Waals surface area contributed by atoms with Crippen LogP contribution < -0.4 is 10.1 Å². The normalized spacial score (nSPS) is 10.5. The molecule has 0 fully saturated rings. The van der Waals surface area contributed by atoms with Gasteiger partial charge >= 0.3 is 0 Å². The second-order valence-corrected chi connectivity index (χ2v) is 7.60. The lowest BCUT2D eigenvalue weighted by molar-refractivity contribution is -0.113. The van der Waals surface area contributed by atoms with Gasteiger partial charge in [-0.25, -0.2) is 0 Å².